The number of carboxylic acid groups (broad SMARTS) is 1. The van der Waals surface area contributed by atoms with Crippen molar-refractivity contribution in [2.24, 2.45) is 0 Å². The zero-order valence-corrected chi connectivity index (χ0v) is 11.6. The molecule has 1 unspecified atom stereocenters. The summed E-state index contributed by atoms with van der Waals surface area (Å²) in [6, 6.07) is 13.6. The minimum atomic E-state index is -0.826. The van der Waals surface area contributed by atoms with Crippen molar-refractivity contribution in [2.45, 2.75) is 19.3 Å². The van der Waals surface area contributed by atoms with Crippen molar-refractivity contribution in [2.75, 3.05) is 0 Å². The Labute approximate surface area is 122 Å². The number of nitrogens with zero attached hydrogens (tertiary/aromatic N) is 1. The summed E-state index contributed by atoms with van der Waals surface area (Å²) in [6.45, 7) is 1.84. The maximum absolute atomic E-state index is 10.8. The van der Waals surface area contributed by atoms with E-state index < -0.39 is 5.97 Å². The van der Waals surface area contributed by atoms with Crippen LogP contribution in [0.25, 0.3) is 22.2 Å². The van der Waals surface area contributed by atoms with Crippen molar-refractivity contribution in [1.29, 1.82) is 0 Å². The van der Waals surface area contributed by atoms with Crippen LogP contribution in [-0.4, -0.2) is 16.1 Å². The number of aliphatic carboxylic acids is 1. The van der Waals surface area contributed by atoms with Gasteiger partial charge in [0.05, 0.1) is 11.9 Å². The van der Waals surface area contributed by atoms with Crippen LogP contribution in [0.4, 0.5) is 0 Å². The van der Waals surface area contributed by atoms with Crippen molar-refractivity contribution in [3.63, 3.8) is 0 Å². The Bertz CT molecular complexity index is 791. The largest absolute Gasteiger partial charge is 0.481 e. The lowest BCUT2D eigenvalue weighted by atomic mass is 10.1. The number of fused-ring (bicyclic) bond motifs is 1. The number of carboxylic acids is 1. The van der Waals surface area contributed by atoms with Gasteiger partial charge in [0.25, 0.3) is 0 Å². The average molecular weight is 281 g/mol. The zero-order chi connectivity index (χ0) is 14.8. The lowest BCUT2D eigenvalue weighted by molar-refractivity contribution is -0.137. The van der Waals surface area contributed by atoms with Crippen LogP contribution in [0.15, 0.2) is 53.1 Å². The van der Waals surface area contributed by atoms with Crippen molar-refractivity contribution in [1.82, 2.24) is 4.98 Å². The molecule has 1 atom stereocenters. The monoisotopic (exact) mass is 281 g/mol. The molecule has 106 valence electrons. The molecule has 4 nitrogen and oxygen atoms in total. The fourth-order valence-corrected chi connectivity index (χ4v) is 2.34. The van der Waals surface area contributed by atoms with Gasteiger partial charge in [-0.1, -0.05) is 25.1 Å². The second-order valence-electron chi connectivity index (χ2n) is 5.12. The van der Waals surface area contributed by atoms with E-state index in [1.807, 2.05) is 49.4 Å². The highest BCUT2D eigenvalue weighted by Crippen LogP contribution is 2.28. The predicted octanol–water partition coefficient (Wildman–Crippen LogP) is 4.07. The SMILES string of the molecule is CC(CC(=O)O)c1ccc(-c2cnc3ccccc3c2)o1. The Morgan fingerprint density at radius 1 is 1.29 bits per heavy atom. The van der Waals surface area contributed by atoms with Crippen LogP contribution in [0.5, 0.6) is 0 Å². The molecule has 4 heteroatoms. The molecule has 0 bridgehead atoms. The third-order valence-corrected chi connectivity index (χ3v) is 3.47. The number of para-hydroxylation sites is 1. The Balaban J connectivity index is 1.92. The van der Waals surface area contributed by atoms with Crippen LogP contribution in [0, 0.1) is 0 Å². The average Bonchev–Trinajstić information content (AvgIpc) is 2.96. The molecule has 0 saturated heterocycles. The van der Waals surface area contributed by atoms with E-state index in [1.165, 1.54) is 0 Å². The third-order valence-electron chi connectivity index (χ3n) is 3.47. The topological polar surface area (TPSA) is 63.3 Å². The van der Waals surface area contributed by atoms with Gasteiger partial charge in [-0.2, -0.15) is 0 Å². The first-order valence-corrected chi connectivity index (χ1v) is 6.80. The van der Waals surface area contributed by atoms with E-state index in [-0.39, 0.29) is 12.3 Å². The minimum Gasteiger partial charge on any atom is -0.481 e. The normalized spacial score (nSPS) is 12.4. The first kappa shape index (κ1) is 13.4. The van der Waals surface area contributed by atoms with Gasteiger partial charge in [-0.3, -0.25) is 9.78 Å². The van der Waals surface area contributed by atoms with E-state index in [0.717, 1.165) is 16.5 Å². The summed E-state index contributed by atoms with van der Waals surface area (Å²) < 4.78 is 5.78. The van der Waals surface area contributed by atoms with Gasteiger partial charge >= 0.3 is 5.97 Å². The number of hydrogen-bond acceptors (Lipinski definition) is 3. The van der Waals surface area contributed by atoms with E-state index in [9.17, 15) is 4.79 Å². The number of hydrogen-bond donors (Lipinski definition) is 1. The van der Waals surface area contributed by atoms with E-state index in [4.69, 9.17) is 9.52 Å². The molecule has 0 aliphatic heterocycles. The van der Waals surface area contributed by atoms with E-state index in [2.05, 4.69) is 4.98 Å². The molecule has 1 aromatic carbocycles. The molecular formula is C17H15NO3. The molecule has 0 spiro atoms. The lowest BCUT2D eigenvalue weighted by Gasteiger charge is -2.04. The Hall–Kier alpha value is -2.62. The highest BCUT2D eigenvalue weighted by molar-refractivity contribution is 5.82. The predicted molar refractivity (Wildman–Crippen MR) is 80.1 cm³/mol. The molecule has 0 aliphatic carbocycles. The molecule has 1 N–H and O–H groups in total. The number of pyridine rings is 1. The summed E-state index contributed by atoms with van der Waals surface area (Å²) in [5.74, 6) is 0.415. The summed E-state index contributed by atoms with van der Waals surface area (Å²) in [6.07, 6.45) is 1.83. The first-order valence-electron chi connectivity index (χ1n) is 6.80. The van der Waals surface area contributed by atoms with Crippen LogP contribution >= 0.6 is 0 Å². The quantitative estimate of drug-likeness (QED) is 0.782. The standard InChI is InChI=1S/C17H15NO3/c1-11(8-17(19)20)15-6-7-16(21-15)13-9-12-4-2-3-5-14(12)18-10-13/h2-7,9-11H,8H2,1H3,(H,19,20). The molecule has 21 heavy (non-hydrogen) atoms. The Morgan fingerprint density at radius 3 is 2.90 bits per heavy atom. The maximum Gasteiger partial charge on any atom is 0.304 e. The Morgan fingerprint density at radius 2 is 2.10 bits per heavy atom. The molecule has 0 aliphatic rings. The van der Waals surface area contributed by atoms with Crippen LogP contribution in [0.1, 0.15) is 25.0 Å². The molecule has 0 fully saturated rings. The van der Waals surface area contributed by atoms with Gasteiger partial charge in [-0.15, -0.1) is 0 Å². The van der Waals surface area contributed by atoms with Crippen LogP contribution in [0.2, 0.25) is 0 Å². The summed E-state index contributed by atoms with van der Waals surface area (Å²) in [5.41, 5.74) is 1.83. The summed E-state index contributed by atoms with van der Waals surface area (Å²) >= 11 is 0. The van der Waals surface area contributed by atoms with Gasteiger partial charge < -0.3 is 9.52 Å². The first-order chi connectivity index (χ1) is 10.1. The molecule has 0 amide bonds. The van der Waals surface area contributed by atoms with E-state index in [1.54, 1.807) is 6.20 Å². The maximum atomic E-state index is 10.8. The van der Waals surface area contributed by atoms with Gasteiger partial charge in [0, 0.05) is 23.1 Å². The second-order valence-corrected chi connectivity index (χ2v) is 5.12. The lowest BCUT2D eigenvalue weighted by Crippen LogP contribution is -2.01. The zero-order valence-electron chi connectivity index (χ0n) is 11.6. The van der Waals surface area contributed by atoms with Crippen molar-refractivity contribution < 1.29 is 14.3 Å². The Kier molecular flexibility index (Phi) is 3.44. The number of carbonyl (C=O) groups is 1. The summed E-state index contributed by atoms with van der Waals surface area (Å²) in [7, 11) is 0. The molecule has 2 aromatic heterocycles. The summed E-state index contributed by atoms with van der Waals surface area (Å²) in [5, 5.41) is 9.88. The van der Waals surface area contributed by atoms with Gasteiger partial charge in [-0.05, 0) is 24.3 Å². The fraction of sp³-hybridized carbons (Fsp3) is 0.176. The van der Waals surface area contributed by atoms with Gasteiger partial charge in [0.15, 0.2) is 0 Å². The van der Waals surface area contributed by atoms with Crippen LogP contribution in [-0.2, 0) is 4.79 Å². The van der Waals surface area contributed by atoms with Crippen LogP contribution in [0.3, 0.4) is 0 Å². The van der Waals surface area contributed by atoms with Gasteiger partial charge in [-0.25, -0.2) is 0 Å². The molecule has 3 aromatic rings. The van der Waals surface area contributed by atoms with Crippen molar-refractivity contribution in [3.05, 3.63) is 54.4 Å². The van der Waals surface area contributed by atoms with Crippen LogP contribution < -0.4 is 0 Å². The number of rotatable bonds is 4. The molecule has 3 rings (SSSR count). The van der Waals surface area contributed by atoms with Crippen molar-refractivity contribution >= 4 is 16.9 Å². The molecule has 2 heterocycles. The smallest absolute Gasteiger partial charge is 0.304 e. The highest BCUT2D eigenvalue weighted by Gasteiger charge is 2.15. The second kappa shape index (κ2) is 5.40. The number of aromatic nitrogens is 1. The fourth-order valence-electron chi connectivity index (χ4n) is 2.34. The molecule has 0 radical (unpaired) electrons. The molecular weight excluding hydrogens is 266 g/mol. The van der Waals surface area contributed by atoms with Gasteiger partial charge in [0.2, 0.25) is 0 Å². The van der Waals surface area contributed by atoms with Crippen molar-refractivity contribution in [3.8, 4) is 11.3 Å². The highest BCUT2D eigenvalue weighted by atomic mass is 16.4. The summed E-state index contributed by atoms with van der Waals surface area (Å²) in [4.78, 5) is 15.2. The third kappa shape index (κ3) is 2.79. The van der Waals surface area contributed by atoms with Gasteiger partial charge in [0.1, 0.15) is 11.5 Å². The van der Waals surface area contributed by atoms with E-state index >= 15 is 0 Å². The molecule has 0 saturated carbocycles. The van der Waals surface area contributed by atoms with E-state index in [0.29, 0.717) is 11.5 Å². The number of furan rings is 1. The minimum absolute atomic E-state index is 0.0585. The number of benzene rings is 1.